The first kappa shape index (κ1) is 15.3. The number of aromatic hydroxyl groups is 1. The van der Waals surface area contributed by atoms with Gasteiger partial charge in [-0.05, 0) is 30.0 Å². The molecule has 3 aromatic rings. The average molecular weight is 306 g/mol. The van der Waals surface area contributed by atoms with Crippen LogP contribution in [0.1, 0.15) is 31.9 Å². The van der Waals surface area contributed by atoms with Gasteiger partial charge in [-0.15, -0.1) is 0 Å². The summed E-state index contributed by atoms with van der Waals surface area (Å²) in [6.45, 7) is 8.36. The Morgan fingerprint density at radius 1 is 0.913 bits per heavy atom. The zero-order valence-corrected chi connectivity index (χ0v) is 14.0. The minimum Gasteiger partial charge on any atom is -0.493 e. The summed E-state index contributed by atoms with van der Waals surface area (Å²) in [7, 11) is 0. The van der Waals surface area contributed by atoms with Crippen LogP contribution in [0.2, 0.25) is 0 Å². The highest BCUT2D eigenvalue weighted by Crippen LogP contribution is 2.40. The smallest absolute Gasteiger partial charge is 0.218 e. The maximum Gasteiger partial charge on any atom is 0.218 e. The molecule has 0 spiro atoms. The molecule has 1 heterocycles. The number of hydrogen-bond acceptors (Lipinski definition) is 2. The van der Waals surface area contributed by atoms with E-state index in [-0.39, 0.29) is 11.3 Å². The lowest BCUT2D eigenvalue weighted by atomic mass is 9.84. The van der Waals surface area contributed by atoms with Gasteiger partial charge in [-0.2, -0.15) is 5.10 Å². The number of aryl methyl sites for hydroxylation is 1. The Kier molecular flexibility index (Phi) is 3.72. The highest BCUT2D eigenvalue weighted by atomic mass is 16.3. The van der Waals surface area contributed by atoms with Crippen LogP contribution in [0.25, 0.3) is 16.9 Å². The minimum absolute atomic E-state index is 0.210. The van der Waals surface area contributed by atoms with Crippen LogP contribution in [0, 0.1) is 6.92 Å². The van der Waals surface area contributed by atoms with Crippen molar-refractivity contribution >= 4 is 0 Å². The molecule has 0 aliphatic rings. The molecule has 0 bridgehead atoms. The zero-order valence-electron chi connectivity index (χ0n) is 14.0. The van der Waals surface area contributed by atoms with Crippen LogP contribution in [-0.4, -0.2) is 14.9 Å². The lowest BCUT2D eigenvalue weighted by Gasteiger charge is -2.19. The Morgan fingerprint density at radius 2 is 1.52 bits per heavy atom. The molecule has 0 radical (unpaired) electrons. The summed E-state index contributed by atoms with van der Waals surface area (Å²) in [6.07, 6.45) is 0. The monoisotopic (exact) mass is 306 g/mol. The third kappa shape index (κ3) is 2.74. The van der Waals surface area contributed by atoms with E-state index < -0.39 is 0 Å². The van der Waals surface area contributed by atoms with Gasteiger partial charge >= 0.3 is 0 Å². The second-order valence-electron chi connectivity index (χ2n) is 6.86. The van der Waals surface area contributed by atoms with E-state index in [1.807, 2.05) is 42.5 Å². The average Bonchev–Trinajstić information content (AvgIpc) is 2.86. The Bertz CT molecular complexity index is 827. The highest BCUT2D eigenvalue weighted by Gasteiger charge is 2.29. The van der Waals surface area contributed by atoms with E-state index in [1.165, 1.54) is 0 Å². The molecule has 118 valence electrons. The van der Waals surface area contributed by atoms with Crippen LogP contribution < -0.4 is 0 Å². The molecule has 23 heavy (non-hydrogen) atoms. The molecular weight excluding hydrogens is 284 g/mol. The summed E-state index contributed by atoms with van der Waals surface area (Å²) >= 11 is 0. The molecule has 0 unspecified atom stereocenters. The molecule has 2 aromatic carbocycles. The van der Waals surface area contributed by atoms with E-state index in [9.17, 15) is 5.11 Å². The molecule has 0 aliphatic heterocycles. The van der Waals surface area contributed by atoms with Crippen molar-refractivity contribution < 1.29 is 5.11 Å². The van der Waals surface area contributed by atoms with Crippen LogP contribution >= 0.6 is 0 Å². The van der Waals surface area contributed by atoms with Crippen molar-refractivity contribution in [3.05, 3.63) is 65.7 Å². The number of aromatic nitrogens is 2. The van der Waals surface area contributed by atoms with Gasteiger partial charge in [0, 0.05) is 11.1 Å². The molecule has 0 saturated heterocycles. The summed E-state index contributed by atoms with van der Waals surface area (Å²) in [5.74, 6) is 0.210. The van der Waals surface area contributed by atoms with E-state index >= 15 is 0 Å². The topological polar surface area (TPSA) is 38.0 Å². The van der Waals surface area contributed by atoms with Gasteiger partial charge in [-0.1, -0.05) is 63.2 Å². The summed E-state index contributed by atoms with van der Waals surface area (Å²) < 4.78 is 1.63. The van der Waals surface area contributed by atoms with Gasteiger partial charge < -0.3 is 5.11 Å². The Balaban J connectivity index is 2.30. The van der Waals surface area contributed by atoms with Crippen molar-refractivity contribution in [2.75, 3.05) is 0 Å². The van der Waals surface area contributed by atoms with Crippen LogP contribution in [0.4, 0.5) is 0 Å². The number of rotatable bonds is 2. The predicted molar refractivity (Wildman–Crippen MR) is 94.1 cm³/mol. The minimum atomic E-state index is -0.214. The number of benzene rings is 2. The highest BCUT2D eigenvalue weighted by molar-refractivity contribution is 5.70. The zero-order chi connectivity index (χ0) is 16.6. The molecular formula is C20H22N2O. The summed E-state index contributed by atoms with van der Waals surface area (Å²) in [4.78, 5) is 0. The summed E-state index contributed by atoms with van der Waals surface area (Å²) in [5.41, 5.74) is 4.57. The molecule has 0 atom stereocenters. The maximum atomic E-state index is 10.9. The Hall–Kier alpha value is -2.55. The van der Waals surface area contributed by atoms with E-state index in [0.29, 0.717) is 0 Å². The molecule has 3 rings (SSSR count). The fraction of sp³-hybridized carbons (Fsp3) is 0.250. The fourth-order valence-corrected chi connectivity index (χ4v) is 2.88. The molecule has 0 fully saturated rings. The second kappa shape index (κ2) is 5.58. The van der Waals surface area contributed by atoms with Crippen LogP contribution in [0.15, 0.2) is 54.6 Å². The van der Waals surface area contributed by atoms with E-state index in [4.69, 9.17) is 5.10 Å². The van der Waals surface area contributed by atoms with Gasteiger partial charge in [-0.3, -0.25) is 0 Å². The van der Waals surface area contributed by atoms with Gasteiger partial charge in [0.25, 0.3) is 0 Å². The van der Waals surface area contributed by atoms with Crippen LogP contribution in [0.5, 0.6) is 5.88 Å². The Morgan fingerprint density at radius 3 is 2.13 bits per heavy atom. The number of para-hydroxylation sites is 1. The molecule has 3 heteroatoms. The lowest BCUT2D eigenvalue weighted by molar-refractivity contribution is 0.414. The molecule has 1 N–H and O–H groups in total. The molecule has 0 aliphatic carbocycles. The fourth-order valence-electron chi connectivity index (χ4n) is 2.88. The first-order valence-electron chi connectivity index (χ1n) is 7.83. The molecule has 0 saturated carbocycles. The predicted octanol–water partition coefficient (Wildman–Crippen LogP) is 4.85. The molecule has 0 amide bonds. The summed E-state index contributed by atoms with van der Waals surface area (Å²) in [6, 6.07) is 17.9. The van der Waals surface area contributed by atoms with Gasteiger partial charge in [0.15, 0.2) is 0 Å². The lowest BCUT2D eigenvalue weighted by Crippen LogP contribution is -2.12. The summed E-state index contributed by atoms with van der Waals surface area (Å²) in [5, 5.41) is 15.6. The van der Waals surface area contributed by atoms with Crippen LogP contribution in [0.3, 0.4) is 0 Å². The maximum absolute atomic E-state index is 10.9. The normalized spacial score (nSPS) is 11.7. The molecule has 3 nitrogen and oxygen atoms in total. The van der Waals surface area contributed by atoms with Crippen molar-refractivity contribution in [3.63, 3.8) is 0 Å². The van der Waals surface area contributed by atoms with Gasteiger partial charge in [0.1, 0.15) is 5.69 Å². The van der Waals surface area contributed by atoms with Gasteiger partial charge in [0.2, 0.25) is 5.88 Å². The van der Waals surface area contributed by atoms with Crippen molar-refractivity contribution in [3.8, 4) is 22.8 Å². The second-order valence-corrected chi connectivity index (χ2v) is 6.86. The first-order valence-corrected chi connectivity index (χ1v) is 7.83. The standard InChI is InChI=1S/C20H22N2O/c1-14-10-8-9-13-16(14)18-17(20(2,3)4)19(23)22(21-18)15-11-6-5-7-12-15/h5-13,23H,1-4H3. The van der Waals surface area contributed by atoms with E-state index in [0.717, 1.165) is 28.1 Å². The van der Waals surface area contributed by atoms with Crippen LogP contribution in [-0.2, 0) is 5.41 Å². The number of hydrogen-bond donors (Lipinski definition) is 1. The third-order valence-corrected chi connectivity index (χ3v) is 4.01. The van der Waals surface area contributed by atoms with Gasteiger partial charge in [-0.25, -0.2) is 4.68 Å². The van der Waals surface area contributed by atoms with Crippen molar-refractivity contribution in [1.82, 2.24) is 9.78 Å². The van der Waals surface area contributed by atoms with Crippen molar-refractivity contribution in [2.45, 2.75) is 33.1 Å². The van der Waals surface area contributed by atoms with E-state index in [2.05, 4.69) is 39.8 Å². The first-order chi connectivity index (χ1) is 10.9. The largest absolute Gasteiger partial charge is 0.493 e. The SMILES string of the molecule is Cc1ccccc1-c1nn(-c2ccccc2)c(O)c1C(C)(C)C. The van der Waals surface area contributed by atoms with Crippen molar-refractivity contribution in [1.29, 1.82) is 0 Å². The molecule has 1 aromatic heterocycles. The number of nitrogens with zero attached hydrogens (tertiary/aromatic N) is 2. The van der Waals surface area contributed by atoms with E-state index in [1.54, 1.807) is 4.68 Å². The third-order valence-electron chi connectivity index (χ3n) is 4.01. The quantitative estimate of drug-likeness (QED) is 0.735. The van der Waals surface area contributed by atoms with Gasteiger partial charge in [0.05, 0.1) is 5.69 Å². The Labute approximate surface area is 137 Å². The van der Waals surface area contributed by atoms with Crippen molar-refractivity contribution in [2.24, 2.45) is 0 Å².